The van der Waals surface area contributed by atoms with E-state index in [0.29, 0.717) is 17.6 Å². The number of nitrogens with zero attached hydrogens (tertiary/aromatic N) is 5. The van der Waals surface area contributed by atoms with Gasteiger partial charge < -0.3 is 9.30 Å². The summed E-state index contributed by atoms with van der Waals surface area (Å²) in [6.07, 6.45) is 1.91. The SMILES string of the molecule is CC(C(=O)OCCCn1c(=O)c2c(ncn2C)n(C)c1=O)N1CCSCC1. The van der Waals surface area contributed by atoms with E-state index >= 15 is 0 Å². The number of fused-ring (bicyclic) bond motifs is 1. The first-order chi connectivity index (χ1) is 12.9. The number of hydrogen-bond donors (Lipinski definition) is 0. The monoisotopic (exact) mass is 395 g/mol. The molecule has 0 aromatic carbocycles. The highest BCUT2D eigenvalue weighted by Gasteiger charge is 2.24. The van der Waals surface area contributed by atoms with Gasteiger partial charge in [0, 0.05) is 45.2 Å². The maximum atomic E-state index is 12.6. The van der Waals surface area contributed by atoms with E-state index in [2.05, 4.69) is 9.88 Å². The van der Waals surface area contributed by atoms with Crippen molar-refractivity contribution in [3.8, 4) is 0 Å². The van der Waals surface area contributed by atoms with Crippen LogP contribution in [0.4, 0.5) is 0 Å². The van der Waals surface area contributed by atoms with Crippen LogP contribution in [0, 0.1) is 0 Å². The number of hydrogen-bond acceptors (Lipinski definition) is 7. The molecule has 1 aliphatic heterocycles. The van der Waals surface area contributed by atoms with Gasteiger partial charge in [0.2, 0.25) is 0 Å². The maximum absolute atomic E-state index is 12.6. The summed E-state index contributed by atoms with van der Waals surface area (Å²) in [5.74, 6) is 1.80. The molecule has 148 valence electrons. The van der Waals surface area contributed by atoms with Crippen molar-refractivity contribution in [2.24, 2.45) is 14.1 Å². The number of rotatable bonds is 6. The summed E-state index contributed by atoms with van der Waals surface area (Å²) in [5.41, 5.74) is -0.0512. The van der Waals surface area contributed by atoms with Crippen LogP contribution in [-0.4, -0.2) is 66.8 Å². The topological polar surface area (TPSA) is 91.4 Å². The second-order valence-electron chi connectivity index (χ2n) is 6.67. The van der Waals surface area contributed by atoms with Gasteiger partial charge in [-0.3, -0.25) is 23.6 Å². The lowest BCUT2D eigenvalue weighted by Crippen LogP contribution is -2.44. The van der Waals surface area contributed by atoms with Crippen LogP contribution in [0.25, 0.3) is 11.2 Å². The zero-order valence-electron chi connectivity index (χ0n) is 15.9. The number of esters is 1. The molecule has 9 nitrogen and oxygen atoms in total. The lowest BCUT2D eigenvalue weighted by Gasteiger charge is -2.30. The number of ether oxygens (including phenoxy) is 1. The molecule has 1 saturated heterocycles. The molecule has 2 aromatic heterocycles. The zero-order chi connectivity index (χ0) is 19.6. The van der Waals surface area contributed by atoms with Crippen molar-refractivity contribution < 1.29 is 9.53 Å². The van der Waals surface area contributed by atoms with Crippen LogP contribution in [0.2, 0.25) is 0 Å². The van der Waals surface area contributed by atoms with E-state index in [4.69, 9.17) is 4.74 Å². The largest absolute Gasteiger partial charge is 0.464 e. The quantitative estimate of drug-likeness (QED) is 0.494. The van der Waals surface area contributed by atoms with Crippen molar-refractivity contribution in [1.29, 1.82) is 0 Å². The van der Waals surface area contributed by atoms with Gasteiger partial charge in [-0.2, -0.15) is 11.8 Å². The highest BCUT2D eigenvalue weighted by atomic mass is 32.2. The molecule has 0 spiro atoms. The molecular weight excluding hydrogens is 370 g/mol. The summed E-state index contributed by atoms with van der Waals surface area (Å²) in [7, 11) is 3.31. The van der Waals surface area contributed by atoms with Crippen LogP contribution in [0.15, 0.2) is 15.9 Å². The zero-order valence-corrected chi connectivity index (χ0v) is 16.7. The molecule has 1 atom stereocenters. The van der Waals surface area contributed by atoms with E-state index in [1.807, 2.05) is 18.7 Å². The molecule has 0 saturated carbocycles. The van der Waals surface area contributed by atoms with E-state index < -0.39 is 5.69 Å². The Morgan fingerprint density at radius 2 is 2.00 bits per heavy atom. The van der Waals surface area contributed by atoms with Crippen molar-refractivity contribution in [3.05, 3.63) is 27.2 Å². The number of carbonyl (C=O) groups is 1. The average Bonchev–Trinajstić information content (AvgIpc) is 3.07. The Balaban J connectivity index is 1.61. The van der Waals surface area contributed by atoms with E-state index in [1.54, 1.807) is 18.7 Å². The summed E-state index contributed by atoms with van der Waals surface area (Å²) in [6, 6.07) is -0.271. The molecular formula is C17H25N5O4S. The van der Waals surface area contributed by atoms with E-state index in [0.717, 1.165) is 24.6 Å². The lowest BCUT2D eigenvalue weighted by atomic mass is 10.3. The number of aromatic nitrogens is 4. The number of imidazole rings is 1. The molecule has 0 radical (unpaired) electrons. The third kappa shape index (κ3) is 3.96. The van der Waals surface area contributed by atoms with Crippen LogP contribution in [0.3, 0.4) is 0 Å². The third-order valence-corrected chi connectivity index (χ3v) is 5.85. The Bertz CT molecular complexity index is 941. The van der Waals surface area contributed by atoms with Gasteiger partial charge in [0.05, 0.1) is 12.9 Å². The van der Waals surface area contributed by atoms with Crippen LogP contribution in [0.5, 0.6) is 0 Å². The maximum Gasteiger partial charge on any atom is 0.332 e. The fourth-order valence-corrected chi connectivity index (χ4v) is 4.15. The summed E-state index contributed by atoms with van der Waals surface area (Å²) >= 11 is 1.89. The van der Waals surface area contributed by atoms with Gasteiger partial charge in [0.25, 0.3) is 5.56 Å². The van der Waals surface area contributed by atoms with Crippen molar-refractivity contribution in [2.45, 2.75) is 25.9 Å². The van der Waals surface area contributed by atoms with Crippen molar-refractivity contribution >= 4 is 28.9 Å². The van der Waals surface area contributed by atoms with Gasteiger partial charge in [-0.1, -0.05) is 0 Å². The molecule has 1 unspecified atom stereocenters. The molecule has 1 fully saturated rings. The number of thioether (sulfide) groups is 1. The minimum Gasteiger partial charge on any atom is -0.464 e. The molecule has 0 bridgehead atoms. The Labute approximate surface area is 160 Å². The number of carbonyl (C=O) groups excluding carboxylic acids is 1. The Kier molecular flexibility index (Phi) is 6.05. The summed E-state index contributed by atoms with van der Waals surface area (Å²) in [6.45, 7) is 3.99. The highest BCUT2D eigenvalue weighted by molar-refractivity contribution is 7.99. The van der Waals surface area contributed by atoms with Gasteiger partial charge in [-0.15, -0.1) is 0 Å². The van der Waals surface area contributed by atoms with Gasteiger partial charge >= 0.3 is 11.7 Å². The smallest absolute Gasteiger partial charge is 0.332 e. The van der Waals surface area contributed by atoms with Crippen molar-refractivity contribution in [1.82, 2.24) is 23.6 Å². The van der Waals surface area contributed by atoms with Crippen molar-refractivity contribution in [3.63, 3.8) is 0 Å². The normalized spacial score (nSPS) is 16.6. The predicted octanol–water partition coefficient (Wildman–Crippen LogP) is -0.196. The van der Waals surface area contributed by atoms with E-state index in [9.17, 15) is 14.4 Å². The predicted molar refractivity (Wildman–Crippen MR) is 104 cm³/mol. The van der Waals surface area contributed by atoms with Gasteiger partial charge in [0.1, 0.15) is 6.04 Å². The molecule has 0 N–H and O–H groups in total. The highest BCUT2D eigenvalue weighted by Crippen LogP contribution is 2.13. The lowest BCUT2D eigenvalue weighted by molar-refractivity contribution is -0.149. The van der Waals surface area contributed by atoms with Crippen LogP contribution < -0.4 is 11.2 Å². The Morgan fingerprint density at radius 3 is 2.70 bits per heavy atom. The van der Waals surface area contributed by atoms with Gasteiger partial charge in [-0.25, -0.2) is 9.78 Å². The second-order valence-corrected chi connectivity index (χ2v) is 7.90. The van der Waals surface area contributed by atoms with Crippen molar-refractivity contribution in [2.75, 3.05) is 31.2 Å². The molecule has 3 heterocycles. The Hall–Kier alpha value is -2.07. The van der Waals surface area contributed by atoms with Crippen LogP contribution in [0.1, 0.15) is 13.3 Å². The molecule has 0 amide bonds. The molecule has 0 aliphatic carbocycles. The molecule has 27 heavy (non-hydrogen) atoms. The van der Waals surface area contributed by atoms with Gasteiger partial charge in [0.15, 0.2) is 11.2 Å². The molecule has 3 rings (SSSR count). The fraction of sp³-hybridized carbons (Fsp3) is 0.647. The first-order valence-electron chi connectivity index (χ1n) is 9.01. The van der Waals surface area contributed by atoms with Crippen LogP contribution in [-0.2, 0) is 30.2 Å². The average molecular weight is 395 g/mol. The van der Waals surface area contributed by atoms with Gasteiger partial charge in [-0.05, 0) is 13.3 Å². The standard InChI is InChI=1S/C17H25N5O4S/c1-12(21-6-9-27-10-7-21)16(24)26-8-4-5-22-15(23)13-14(18-11-19(13)2)20(3)17(22)25/h11-12H,4-10H2,1-3H3. The van der Waals surface area contributed by atoms with Crippen LogP contribution >= 0.6 is 11.8 Å². The third-order valence-electron chi connectivity index (χ3n) is 4.91. The first kappa shape index (κ1) is 19.7. The molecule has 1 aliphatic rings. The minimum atomic E-state index is -0.420. The summed E-state index contributed by atoms with van der Waals surface area (Å²) in [5, 5.41) is 0. The Morgan fingerprint density at radius 1 is 1.30 bits per heavy atom. The second kappa shape index (κ2) is 8.30. The molecule has 10 heteroatoms. The summed E-state index contributed by atoms with van der Waals surface area (Å²) in [4.78, 5) is 43.4. The van der Waals surface area contributed by atoms with E-state index in [1.165, 1.54) is 15.5 Å². The fourth-order valence-electron chi connectivity index (χ4n) is 3.22. The first-order valence-corrected chi connectivity index (χ1v) is 10.2. The minimum absolute atomic E-state index is 0.171. The number of aryl methyl sites for hydroxylation is 2. The molecule has 2 aromatic rings. The van der Waals surface area contributed by atoms with E-state index in [-0.39, 0.29) is 30.7 Å². The summed E-state index contributed by atoms with van der Waals surface area (Å²) < 4.78 is 9.49.